The number of rotatable bonds is 4. The highest BCUT2D eigenvalue weighted by Crippen LogP contribution is 2.17. The fraction of sp³-hybridized carbons (Fsp3) is 0.900. The first-order valence-corrected chi connectivity index (χ1v) is 5.31. The second-order valence-corrected chi connectivity index (χ2v) is 3.49. The van der Waals surface area contributed by atoms with E-state index in [-0.39, 0.29) is 6.09 Å². The summed E-state index contributed by atoms with van der Waals surface area (Å²) in [5.74, 6) is 0.700. The van der Waals surface area contributed by atoms with Crippen LogP contribution in [0.25, 0.3) is 0 Å². The van der Waals surface area contributed by atoms with Gasteiger partial charge in [-0.05, 0) is 32.1 Å². The summed E-state index contributed by atoms with van der Waals surface area (Å²) in [5.41, 5.74) is 0. The molecule has 0 unspecified atom stereocenters. The molecule has 1 N–H and O–H groups in total. The van der Waals surface area contributed by atoms with E-state index in [4.69, 9.17) is 9.47 Å². The van der Waals surface area contributed by atoms with Gasteiger partial charge >= 0.3 is 6.09 Å². The predicted molar refractivity (Wildman–Crippen MR) is 53.2 cm³/mol. The minimum Gasteiger partial charge on any atom is -0.450 e. The number of alkyl carbamates (subject to hydrolysis) is 1. The molecule has 1 aliphatic heterocycles. The van der Waals surface area contributed by atoms with Crippen LogP contribution in [-0.4, -0.2) is 32.5 Å². The molecule has 1 aliphatic rings. The van der Waals surface area contributed by atoms with Gasteiger partial charge in [0.1, 0.15) is 0 Å². The summed E-state index contributed by atoms with van der Waals surface area (Å²) in [6, 6.07) is 0. The molecule has 14 heavy (non-hydrogen) atoms. The highest BCUT2D eigenvalue weighted by atomic mass is 16.5. The second kappa shape index (κ2) is 6.65. The van der Waals surface area contributed by atoms with Crippen LogP contribution in [0.4, 0.5) is 4.79 Å². The Morgan fingerprint density at radius 2 is 2.21 bits per heavy atom. The summed E-state index contributed by atoms with van der Waals surface area (Å²) in [6.07, 6.45) is 2.96. The van der Waals surface area contributed by atoms with Crippen LogP contribution < -0.4 is 5.32 Å². The van der Waals surface area contributed by atoms with E-state index in [0.717, 1.165) is 32.5 Å². The third-order valence-corrected chi connectivity index (χ3v) is 2.44. The van der Waals surface area contributed by atoms with Gasteiger partial charge in [-0.1, -0.05) is 0 Å². The normalized spacial score (nSPS) is 17.8. The molecule has 4 nitrogen and oxygen atoms in total. The SMILES string of the molecule is CCOC(=O)NCCC1CCOCC1. The average molecular weight is 201 g/mol. The molecule has 1 heterocycles. The first-order valence-electron chi connectivity index (χ1n) is 5.31. The average Bonchev–Trinajstić information content (AvgIpc) is 2.20. The maximum absolute atomic E-state index is 10.9. The Morgan fingerprint density at radius 3 is 2.86 bits per heavy atom. The van der Waals surface area contributed by atoms with Crippen molar-refractivity contribution in [2.24, 2.45) is 5.92 Å². The van der Waals surface area contributed by atoms with Crippen molar-refractivity contribution in [2.75, 3.05) is 26.4 Å². The lowest BCUT2D eigenvalue weighted by molar-refractivity contribution is 0.0638. The predicted octanol–water partition coefficient (Wildman–Crippen LogP) is 1.55. The molecule has 1 rings (SSSR count). The minimum atomic E-state index is -0.306. The molecular formula is C10H19NO3. The van der Waals surface area contributed by atoms with Crippen LogP contribution in [0, 0.1) is 5.92 Å². The van der Waals surface area contributed by atoms with Gasteiger partial charge in [0.2, 0.25) is 0 Å². The van der Waals surface area contributed by atoms with Gasteiger partial charge in [-0.2, -0.15) is 0 Å². The second-order valence-electron chi connectivity index (χ2n) is 3.49. The van der Waals surface area contributed by atoms with E-state index < -0.39 is 0 Å². The molecule has 0 atom stereocenters. The first kappa shape index (κ1) is 11.3. The van der Waals surface area contributed by atoms with Crippen LogP contribution in [-0.2, 0) is 9.47 Å². The van der Waals surface area contributed by atoms with Crippen molar-refractivity contribution in [1.29, 1.82) is 0 Å². The smallest absolute Gasteiger partial charge is 0.407 e. The van der Waals surface area contributed by atoms with Gasteiger partial charge < -0.3 is 14.8 Å². The monoisotopic (exact) mass is 201 g/mol. The lowest BCUT2D eigenvalue weighted by Crippen LogP contribution is -2.28. The zero-order chi connectivity index (χ0) is 10.2. The van der Waals surface area contributed by atoms with Crippen molar-refractivity contribution in [3.63, 3.8) is 0 Å². The van der Waals surface area contributed by atoms with Crippen molar-refractivity contribution >= 4 is 6.09 Å². The van der Waals surface area contributed by atoms with Gasteiger partial charge in [0, 0.05) is 19.8 Å². The Balaban J connectivity index is 1.99. The van der Waals surface area contributed by atoms with E-state index in [1.807, 2.05) is 0 Å². The van der Waals surface area contributed by atoms with Crippen LogP contribution in [0.5, 0.6) is 0 Å². The van der Waals surface area contributed by atoms with Crippen molar-refractivity contribution in [1.82, 2.24) is 5.32 Å². The van der Waals surface area contributed by atoms with Gasteiger partial charge in [0.05, 0.1) is 6.61 Å². The largest absolute Gasteiger partial charge is 0.450 e. The fourth-order valence-corrected chi connectivity index (χ4v) is 1.60. The van der Waals surface area contributed by atoms with Crippen molar-refractivity contribution < 1.29 is 14.3 Å². The van der Waals surface area contributed by atoms with E-state index in [9.17, 15) is 4.79 Å². The quantitative estimate of drug-likeness (QED) is 0.750. The molecule has 0 radical (unpaired) electrons. The van der Waals surface area contributed by atoms with Crippen LogP contribution in [0.1, 0.15) is 26.2 Å². The molecule has 82 valence electrons. The molecule has 0 aromatic heterocycles. The Labute approximate surface area is 85.0 Å². The lowest BCUT2D eigenvalue weighted by atomic mass is 9.97. The van der Waals surface area contributed by atoms with E-state index in [1.165, 1.54) is 0 Å². The Hall–Kier alpha value is -0.770. The Morgan fingerprint density at radius 1 is 1.50 bits per heavy atom. The number of carbonyl (C=O) groups excluding carboxylic acids is 1. The van der Waals surface area contributed by atoms with Gasteiger partial charge in [-0.25, -0.2) is 4.79 Å². The number of nitrogens with one attached hydrogen (secondary N) is 1. The molecule has 1 fully saturated rings. The zero-order valence-corrected chi connectivity index (χ0v) is 8.75. The standard InChI is InChI=1S/C10H19NO3/c1-2-14-10(12)11-6-3-9-4-7-13-8-5-9/h9H,2-8H2,1H3,(H,11,12). The number of amides is 1. The highest BCUT2D eigenvalue weighted by Gasteiger charge is 2.13. The summed E-state index contributed by atoms with van der Waals surface area (Å²) < 4.78 is 10.0. The van der Waals surface area contributed by atoms with Crippen LogP contribution in [0.2, 0.25) is 0 Å². The van der Waals surface area contributed by atoms with E-state index in [1.54, 1.807) is 6.92 Å². The van der Waals surface area contributed by atoms with Gasteiger partial charge in [-0.15, -0.1) is 0 Å². The number of hydrogen-bond acceptors (Lipinski definition) is 3. The Bertz CT molecular complexity index is 167. The Kier molecular flexibility index (Phi) is 5.37. The van der Waals surface area contributed by atoms with Crippen molar-refractivity contribution in [2.45, 2.75) is 26.2 Å². The molecule has 0 aromatic carbocycles. The molecule has 4 heteroatoms. The van der Waals surface area contributed by atoms with Crippen molar-refractivity contribution in [3.8, 4) is 0 Å². The zero-order valence-electron chi connectivity index (χ0n) is 8.75. The van der Waals surface area contributed by atoms with E-state index in [2.05, 4.69) is 5.32 Å². The molecular weight excluding hydrogens is 182 g/mol. The summed E-state index contributed by atoms with van der Waals surface area (Å²) >= 11 is 0. The molecule has 1 amide bonds. The van der Waals surface area contributed by atoms with Crippen LogP contribution in [0.3, 0.4) is 0 Å². The lowest BCUT2D eigenvalue weighted by Gasteiger charge is -2.21. The van der Waals surface area contributed by atoms with Crippen LogP contribution in [0.15, 0.2) is 0 Å². The van der Waals surface area contributed by atoms with Crippen LogP contribution >= 0.6 is 0 Å². The van der Waals surface area contributed by atoms with Gasteiger partial charge in [0.25, 0.3) is 0 Å². The third kappa shape index (κ3) is 4.46. The van der Waals surface area contributed by atoms with E-state index >= 15 is 0 Å². The molecule has 1 saturated heterocycles. The molecule has 0 spiro atoms. The summed E-state index contributed by atoms with van der Waals surface area (Å²) in [4.78, 5) is 10.9. The molecule has 0 bridgehead atoms. The number of carbonyl (C=O) groups is 1. The first-order chi connectivity index (χ1) is 6.83. The molecule has 0 saturated carbocycles. The van der Waals surface area contributed by atoms with Gasteiger partial charge in [0.15, 0.2) is 0 Å². The maximum Gasteiger partial charge on any atom is 0.407 e. The minimum absolute atomic E-state index is 0.306. The number of ether oxygens (including phenoxy) is 2. The topological polar surface area (TPSA) is 47.6 Å². The summed E-state index contributed by atoms with van der Waals surface area (Å²) in [5, 5.41) is 2.73. The third-order valence-electron chi connectivity index (χ3n) is 2.44. The fourth-order valence-electron chi connectivity index (χ4n) is 1.60. The summed E-state index contributed by atoms with van der Waals surface area (Å²) in [6.45, 7) is 4.68. The van der Waals surface area contributed by atoms with Crippen molar-refractivity contribution in [3.05, 3.63) is 0 Å². The molecule has 0 aliphatic carbocycles. The summed E-state index contributed by atoms with van der Waals surface area (Å²) in [7, 11) is 0. The van der Waals surface area contributed by atoms with Gasteiger partial charge in [-0.3, -0.25) is 0 Å². The maximum atomic E-state index is 10.9. The number of hydrogen-bond donors (Lipinski definition) is 1. The molecule has 0 aromatic rings. The highest BCUT2D eigenvalue weighted by molar-refractivity contribution is 5.66. The van der Waals surface area contributed by atoms with E-state index in [0.29, 0.717) is 19.1 Å².